The summed E-state index contributed by atoms with van der Waals surface area (Å²) in [5.74, 6) is 0. The van der Waals surface area contributed by atoms with Crippen LogP contribution in [0.25, 0.3) is 0 Å². The first-order valence-electron chi connectivity index (χ1n) is 3.49. The van der Waals surface area contributed by atoms with Gasteiger partial charge in [-0.05, 0) is 12.1 Å². The van der Waals surface area contributed by atoms with E-state index in [1.54, 1.807) is 6.20 Å². The molecule has 0 atom stereocenters. The second-order valence-corrected chi connectivity index (χ2v) is 2.28. The molecule has 0 spiro atoms. The highest BCUT2D eigenvalue weighted by Gasteiger charge is 1.97. The first-order valence-corrected chi connectivity index (χ1v) is 3.49. The fourth-order valence-corrected chi connectivity index (χ4v) is 0.801. The number of aromatic nitrogens is 1. The maximum atomic E-state index is 8.62. The number of pyridine rings is 1. The summed E-state index contributed by atoms with van der Waals surface area (Å²) in [4.78, 5) is 5.74. The minimum atomic E-state index is 0.152. The summed E-state index contributed by atoms with van der Waals surface area (Å²) in [6.07, 6.45) is 4.49. The number of aliphatic hydroxyl groups is 1. The monoisotopic (exact) mass is 151 g/mol. The summed E-state index contributed by atoms with van der Waals surface area (Å²) in [6, 6.07) is 3.75. The Kier molecular flexibility index (Phi) is 2.86. The number of rotatable bonds is 3. The van der Waals surface area contributed by atoms with Gasteiger partial charge in [0.05, 0.1) is 12.3 Å². The second kappa shape index (κ2) is 3.93. The molecule has 0 saturated heterocycles. The standard InChI is InChI=1S/C8H11N2O/c1-10(5-6-11)8-3-2-4-9-7-8/h2-4,11H,5-6H2,1H3. The van der Waals surface area contributed by atoms with Gasteiger partial charge < -0.3 is 10.0 Å². The molecule has 1 rings (SSSR count). The zero-order valence-electron chi connectivity index (χ0n) is 6.49. The van der Waals surface area contributed by atoms with Crippen LogP contribution in [-0.4, -0.2) is 30.3 Å². The Morgan fingerprint density at radius 2 is 2.55 bits per heavy atom. The molecule has 1 aromatic heterocycles. The van der Waals surface area contributed by atoms with Crippen LogP contribution in [0.4, 0.5) is 5.69 Å². The molecule has 3 heteroatoms. The maximum Gasteiger partial charge on any atom is 0.114 e. The van der Waals surface area contributed by atoms with Gasteiger partial charge in [-0.1, -0.05) is 0 Å². The van der Waals surface area contributed by atoms with Gasteiger partial charge in [0.2, 0.25) is 0 Å². The molecule has 1 aromatic rings. The van der Waals surface area contributed by atoms with Crippen LogP contribution in [0.2, 0.25) is 0 Å². The highest BCUT2D eigenvalue weighted by molar-refractivity contribution is 5.41. The zero-order valence-corrected chi connectivity index (χ0v) is 6.49. The Bertz CT molecular complexity index is 201. The molecule has 1 radical (unpaired) electrons. The van der Waals surface area contributed by atoms with Crippen molar-refractivity contribution in [2.45, 2.75) is 0 Å². The lowest BCUT2D eigenvalue weighted by Crippen LogP contribution is -2.21. The van der Waals surface area contributed by atoms with Gasteiger partial charge in [0.25, 0.3) is 0 Å². The molecule has 0 saturated carbocycles. The average Bonchev–Trinajstić information content (AvgIpc) is 2.07. The molecule has 0 aromatic carbocycles. The highest BCUT2D eigenvalue weighted by atomic mass is 16.3. The molecule has 0 fully saturated rings. The summed E-state index contributed by atoms with van der Waals surface area (Å²) in [5.41, 5.74) is 0.904. The Hall–Kier alpha value is -1.09. The molecule has 1 N–H and O–H groups in total. The quantitative estimate of drug-likeness (QED) is 0.675. The van der Waals surface area contributed by atoms with E-state index in [0.717, 1.165) is 5.69 Å². The van der Waals surface area contributed by atoms with Crippen LogP contribution in [0.15, 0.2) is 18.3 Å². The number of hydrogen-bond donors (Lipinski definition) is 1. The fraction of sp³-hybridized carbons (Fsp3) is 0.375. The minimum absolute atomic E-state index is 0.152. The summed E-state index contributed by atoms with van der Waals surface area (Å²) in [6.45, 7) is 0.765. The van der Waals surface area contributed by atoms with Crippen LogP contribution in [0.3, 0.4) is 0 Å². The van der Waals surface area contributed by atoms with Crippen molar-refractivity contribution in [3.63, 3.8) is 0 Å². The van der Waals surface area contributed by atoms with Crippen LogP contribution in [0.5, 0.6) is 0 Å². The van der Waals surface area contributed by atoms with Crippen LogP contribution in [0.1, 0.15) is 0 Å². The third kappa shape index (κ3) is 2.20. The van der Waals surface area contributed by atoms with Crippen LogP contribution in [0, 0.1) is 6.20 Å². The molecule has 0 aliphatic heterocycles. The molecule has 0 amide bonds. The van der Waals surface area contributed by atoms with Gasteiger partial charge in [0, 0.05) is 19.8 Å². The van der Waals surface area contributed by atoms with Crippen molar-refractivity contribution in [1.82, 2.24) is 4.98 Å². The van der Waals surface area contributed by atoms with E-state index in [0.29, 0.717) is 6.54 Å². The van der Waals surface area contributed by atoms with E-state index in [9.17, 15) is 0 Å². The molecule has 1 heterocycles. The topological polar surface area (TPSA) is 36.4 Å². The predicted octanol–water partition coefficient (Wildman–Crippen LogP) is 0.310. The number of anilines is 1. The van der Waals surface area contributed by atoms with Crippen molar-refractivity contribution in [1.29, 1.82) is 0 Å². The number of hydrogen-bond acceptors (Lipinski definition) is 3. The molecular formula is C8H11N2O. The molecule has 0 aliphatic carbocycles. The third-order valence-electron chi connectivity index (χ3n) is 1.44. The zero-order chi connectivity index (χ0) is 8.10. The Morgan fingerprint density at radius 1 is 1.73 bits per heavy atom. The Labute approximate surface area is 66.3 Å². The van der Waals surface area contributed by atoms with Crippen LogP contribution in [-0.2, 0) is 0 Å². The van der Waals surface area contributed by atoms with Crippen LogP contribution < -0.4 is 4.90 Å². The van der Waals surface area contributed by atoms with E-state index in [1.165, 1.54) is 0 Å². The number of likely N-dealkylation sites (N-methyl/N-ethyl adjacent to an activating group) is 1. The van der Waals surface area contributed by atoms with Gasteiger partial charge in [-0.3, -0.25) is 4.98 Å². The van der Waals surface area contributed by atoms with Gasteiger partial charge in [0.1, 0.15) is 6.20 Å². The van der Waals surface area contributed by atoms with Crippen molar-refractivity contribution >= 4 is 5.69 Å². The van der Waals surface area contributed by atoms with Gasteiger partial charge in [-0.15, -0.1) is 0 Å². The number of aliphatic hydroxyl groups excluding tert-OH is 1. The van der Waals surface area contributed by atoms with Gasteiger partial charge >= 0.3 is 0 Å². The first-order chi connectivity index (χ1) is 5.34. The smallest absolute Gasteiger partial charge is 0.114 e. The van der Waals surface area contributed by atoms with Crippen molar-refractivity contribution in [2.24, 2.45) is 0 Å². The van der Waals surface area contributed by atoms with E-state index in [-0.39, 0.29) is 6.61 Å². The molecule has 59 valence electrons. The van der Waals surface area contributed by atoms with Crippen LogP contribution >= 0.6 is 0 Å². The molecule has 0 bridgehead atoms. The summed E-state index contributed by atoms with van der Waals surface area (Å²) >= 11 is 0. The normalized spacial score (nSPS) is 9.64. The van der Waals surface area contributed by atoms with E-state index in [2.05, 4.69) is 11.2 Å². The largest absolute Gasteiger partial charge is 0.395 e. The molecule has 3 nitrogen and oxygen atoms in total. The molecule has 0 unspecified atom stereocenters. The van der Waals surface area contributed by atoms with Crippen molar-refractivity contribution < 1.29 is 5.11 Å². The summed E-state index contributed by atoms with van der Waals surface area (Å²) in [5, 5.41) is 8.62. The van der Waals surface area contributed by atoms with E-state index in [1.807, 2.05) is 24.1 Å². The van der Waals surface area contributed by atoms with E-state index in [4.69, 9.17) is 5.11 Å². The Morgan fingerprint density at radius 3 is 3.09 bits per heavy atom. The summed E-state index contributed by atoms with van der Waals surface area (Å²) in [7, 11) is 1.89. The Balaban J connectivity index is 2.61. The van der Waals surface area contributed by atoms with Gasteiger partial charge in [0.15, 0.2) is 0 Å². The first kappa shape index (κ1) is 8.01. The van der Waals surface area contributed by atoms with Crippen molar-refractivity contribution in [2.75, 3.05) is 25.1 Å². The highest BCUT2D eigenvalue weighted by Crippen LogP contribution is 2.06. The van der Waals surface area contributed by atoms with Crippen molar-refractivity contribution in [3.05, 3.63) is 24.5 Å². The lowest BCUT2D eigenvalue weighted by Gasteiger charge is -2.15. The minimum Gasteiger partial charge on any atom is -0.395 e. The predicted molar refractivity (Wildman–Crippen MR) is 43.4 cm³/mol. The second-order valence-electron chi connectivity index (χ2n) is 2.28. The molecule has 0 aliphatic rings. The molecule has 11 heavy (non-hydrogen) atoms. The SMILES string of the molecule is CN(CCO)c1[c]nccc1. The average molecular weight is 151 g/mol. The lowest BCUT2D eigenvalue weighted by atomic mass is 10.4. The third-order valence-corrected chi connectivity index (χ3v) is 1.44. The van der Waals surface area contributed by atoms with E-state index >= 15 is 0 Å². The van der Waals surface area contributed by atoms with Crippen molar-refractivity contribution in [3.8, 4) is 0 Å². The summed E-state index contributed by atoms with van der Waals surface area (Å²) < 4.78 is 0. The lowest BCUT2D eigenvalue weighted by molar-refractivity contribution is 0.304. The van der Waals surface area contributed by atoms with E-state index < -0.39 is 0 Å². The fourth-order valence-electron chi connectivity index (χ4n) is 0.801. The maximum absolute atomic E-state index is 8.62. The number of nitrogens with zero attached hydrogens (tertiary/aromatic N) is 2. The molecular weight excluding hydrogens is 140 g/mol. The van der Waals surface area contributed by atoms with Gasteiger partial charge in [-0.25, -0.2) is 0 Å². The van der Waals surface area contributed by atoms with Gasteiger partial charge in [-0.2, -0.15) is 0 Å².